The van der Waals surface area contributed by atoms with E-state index in [1.54, 1.807) is 23.5 Å². The fourth-order valence-electron chi connectivity index (χ4n) is 3.85. The third kappa shape index (κ3) is 4.39. The molecular formula is C24H23N5O3. The molecule has 1 aliphatic heterocycles. The van der Waals surface area contributed by atoms with Crippen molar-refractivity contribution in [2.45, 2.75) is 25.6 Å². The summed E-state index contributed by atoms with van der Waals surface area (Å²) in [5.41, 5.74) is 2.66. The number of piperidine rings is 1. The lowest BCUT2D eigenvalue weighted by Crippen LogP contribution is -2.42. The highest BCUT2D eigenvalue weighted by Crippen LogP contribution is 2.25. The molecule has 1 saturated heterocycles. The van der Waals surface area contributed by atoms with Gasteiger partial charge in [0.05, 0.1) is 24.3 Å². The van der Waals surface area contributed by atoms with E-state index in [-0.39, 0.29) is 18.8 Å². The van der Waals surface area contributed by atoms with Crippen LogP contribution in [-0.4, -0.2) is 49.7 Å². The van der Waals surface area contributed by atoms with Crippen LogP contribution in [0.15, 0.2) is 73.6 Å². The van der Waals surface area contributed by atoms with Gasteiger partial charge in [0, 0.05) is 37.5 Å². The second-order valence-corrected chi connectivity index (χ2v) is 7.71. The third-order valence-corrected chi connectivity index (χ3v) is 5.53. The molecule has 1 amide bonds. The van der Waals surface area contributed by atoms with Gasteiger partial charge in [-0.1, -0.05) is 30.3 Å². The maximum Gasteiger partial charge on any atom is 0.410 e. The largest absolute Gasteiger partial charge is 0.489 e. The lowest BCUT2D eigenvalue weighted by molar-refractivity contribution is 0.0638. The molecule has 8 heteroatoms. The lowest BCUT2D eigenvalue weighted by Gasteiger charge is -2.31. The molecule has 1 fully saturated rings. The fraction of sp³-hybridized carbons (Fsp3) is 0.250. The molecule has 162 valence electrons. The van der Waals surface area contributed by atoms with Crippen molar-refractivity contribution in [3.8, 4) is 11.4 Å². The highest BCUT2D eigenvalue weighted by Gasteiger charge is 2.25. The standard InChI is InChI=1S/C24H23N5O3/c30-24(31-16-18-4-2-1-3-5-18)28-9-7-21(8-10-28)32-22-12-19-6-11-29(23(19)27-15-22)20-13-25-17-26-14-20/h1-6,11-15,17,21H,7-10,16H2. The number of amides is 1. The molecule has 32 heavy (non-hydrogen) atoms. The van der Waals surface area contributed by atoms with Crippen LogP contribution >= 0.6 is 0 Å². The Labute approximate surface area is 185 Å². The molecule has 0 atom stereocenters. The molecule has 1 aromatic carbocycles. The topological polar surface area (TPSA) is 82.4 Å². The highest BCUT2D eigenvalue weighted by atomic mass is 16.6. The van der Waals surface area contributed by atoms with Crippen LogP contribution in [0.5, 0.6) is 5.75 Å². The van der Waals surface area contributed by atoms with Crippen molar-refractivity contribution in [1.29, 1.82) is 0 Å². The minimum absolute atomic E-state index is 0.0389. The number of fused-ring (bicyclic) bond motifs is 1. The SMILES string of the molecule is O=C(OCc1ccccc1)N1CCC(Oc2cnc3c(ccn3-c3cncnc3)c2)CC1. The first kappa shape index (κ1) is 20.0. The molecule has 3 aromatic heterocycles. The van der Waals surface area contributed by atoms with Gasteiger partial charge >= 0.3 is 6.09 Å². The Bertz CT molecular complexity index is 1190. The molecule has 0 unspecified atom stereocenters. The second kappa shape index (κ2) is 9.05. The summed E-state index contributed by atoms with van der Waals surface area (Å²) >= 11 is 0. The van der Waals surface area contributed by atoms with Crippen molar-refractivity contribution < 1.29 is 14.3 Å². The Balaban J connectivity index is 1.16. The number of nitrogens with zero attached hydrogens (tertiary/aromatic N) is 5. The first-order valence-corrected chi connectivity index (χ1v) is 10.6. The minimum atomic E-state index is -0.276. The van der Waals surface area contributed by atoms with Crippen LogP contribution in [0.2, 0.25) is 0 Å². The molecule has 1 aliphatic rings. The molecule has 0 bridgehead atoms. The molecule has 0 aliphatic carbocycles. The van der Waals surface area contributed by atoms with E-state index in [4.69, 9.17) is 9.47 Å². The average Bonchev–Trinajstić information content (AvgIpc) is 3.27. The number of benzene rings is 1. The zero-order valence-electron chi connectivity index (χ0n) is 17.5. The van der Waals surface area contributed by atoms with E-state index in [0.29, 0.717) is 13.1 Å². The Morgan fingerprint density at radius 3 is 2.59 bits per heavy atom. The van der Waals surface area contributed by atoms with Gasteiger partial charge in [-0.25, -0.2) is 19.7 Å². The zero-order chi connectivity index (χ0) is 21.8. The number of ether oxygens (including phenoxy) is 2. The fourth-order valence-corrected chi connectivity index (χ4v) is 3.85. The predicted molar refractivity (Wildman–Crippen MR) is 119 cm³/mol. The van der Waals surface area contributed by atoms with Gasteiger partial charge < -0.3 is 14.4 Å². The maximum absolute atomic E-state index is 12.3. The Morgan fingerprint density at radius 2 is 1.81 bits per heavy atom. The zero-order valence-corrected chi connectivity index (χ0v) is 17.5. The van der Waals surface area contributed by atoms with Gasteiger partial charge in [0.2, 0.25) is 0 Å². The molecule has 0 N–H and O–H groups in total. The van der Waals surface area contributed by atoms with E-state index >= 15 is 0 Å². The van der Waals surface area contributed by atoms with Crippen LogP contribution in [0.1, 0.15) is 18.4 Å². The van der Waals surface area contributed by atoms with Crippen molar-refractivity contribution in [2.24, 2.45) is 0 Å². The summed E-state index contributed by atoms with van der Waals surface area (Å²) < 4.78 is 13.5. The van der Waals surface area contributed by atoms with E-state index in [1.165, 1.54) is 6.33 Å². The van der Waals surface area contributed by atoms with E-state index in [0.717, 1.165) is 40.9 Å². The van der Waals surface area contributed by atoms with E-state index in [2.05, 4.69) is 15.0 Å². The summed E-state index contributed by atoms with van der Waals surface area (Å²) in [5.74, 6) is 0.727. The summed E-state index contributed by atoms with van der Waals surface area (Å²) in [6.45, 7) is 1.51. The van der Waals surface area contributed by atoms with Crippen LogP contribution < -0.4 is 4.74 Å². The minimum Gasteiger partial charge on any atom is -0.489 e. The van der Waals surface area contributed by atoms with Gasteiger partial charge in [-0.15, -0.1) is 0 Å². The van der Waals surface area contributed by atoms with Gasteiger partial charge in [0.15, 0.2) is 0 Å². The van der Waals surface area contributed by atoms with Crippen LogP contribution in [0, 0.1) is 0 Å². The molecule has 5 rings (SSSR count). The van der Waals surface area contributed by atoms with Crippen molar-refractivity contribution >= 4 is 17.1 Å². The summed E-state index contributed by atoms with van der Waals surface area (Å²) in [4.78, 5) is 26.8. The molecule has 0 radical (unpaired) electrons. The van der Waals surface area contributed by atoms with Crippen LogP contribution in [0.4, 0.5) is 4.79 Å². The van der Waals surface area contributed by atoms with Crippen molar-refractivity contribution in [3.05, 3.63) is 79.1 Å². The highest BCUT2D eigenvalue weighted by molar-refractivity contribution is 5.79. The third-order valence-electron chi connectivity index (χ3n) is 5.53. The average molecular weight is 429 g/mol. The lowest BCUT2D eigenvalue weighted by atomic mass is 10.1. The molecule has 0 spiro atoms. The van der Waals surface area contributed by atoms with Gasteiger partial charge in [-0.05, 0) is 17.7 Å². The monoisotopic (exact) mass is 429 g/mol. The molecule has 8 nitrogen and oxygen atoms in total. The van der Waals surface area contributed by atoms with Gasteiger partial charge in [0.25, 0.3) is 0 Å². The first-order chi connectivity index (χ1) is 15.8. The van der Waals surface area contributed by atoms with Gasteiger partial charge in [0.1, 0.15) is 30.4 Å². The Hall–Kier alpha value is -3.94. The second-order valence-electron chi connectivity index (χ2n) is 7.71. The predicted octanol–water partition coefficient (Wildman–Crippen LogP) is 4.00. The molecule has 4 heterocycles. The summed E-state index contributed by atoms with van der Waals surface area (Å²) in [6.07, 6.45) is 9.94. The first-order valence-electron chi connectivity index (χ1n) is 10.6. The number of carbonyl (C=O) groups is 1. The van der Waals surface area contributed by atoms with Gasteiger partial charge in [-0.3, -0.25) is 4.57 Å². The number of hydrogen-bond donors (Lipinski definition) is 0. The number of likely N-dealkylation sites (tertiary alicyclic amines) is 1. The summed E-state index contributed by atoms with van der Waals surface area (Å²) in [6, 6.07) is 13.7. The number of hydrogen-bond acceptors (Lipinski definition) is 6. The summed E-state index contributed by atoms with van der Waals surface area (Å²) in [7, 11) is 0. The number of aromatic nitrogens is 4. The van der Waals surface area contributed by atoms with Crippen molar-refractivity contribution in [2.75, 3.05) is 13.1 Å². The van der Waals surface area contributed by atoms with Crippen LogP contribution in [0.3, 0.4) is 0 Å². The Morgan fingerprint density at radius 1 is 1.03 bits per heavy atom. The van der Waals surface area contributed by atoms with Crippen LogP contribution in [0.25, 0.3) is 16.7 Å². The smallest absolute Gasteiger partial charge is 0.410 e. The molecule has 4 aromatic rings. The number of pyridine rings is 1. The van der Waals surface area contributed by atoms with Crippen LogP contribution in [-0.2, 0) is 11.3 Å². The molecule has 0 saturated carbocycles. The van der Waals surface area contributed by atoms with E-state index in [9.17, 15) is 4.79 Å². The number of carbonyl (C=O) groups excluding carboxylic acids is 1. The quantitative estimate of drug-likeness (QED) is 0.477. The number of rotatable bonds is 5. The summed E-state index contributed by atoms with van der Waals surface area (Å²) in [5, 5.41) is 0.980. The maximum atomic E-state index is 12.3. The van der Waals surface area contributed by atoms with Crippen molar-refractivity contribution in [1.82, 2.24) is 24.4 Å². The van der Waals surface area contributed by atoms with E-state index in [1.807, 2.05) is 53.2 Å². The van der Waals surface area contributed by atoms with Crippen molar-refractivity contribution in [3.63, 3.8) is 0 Å². The normalized spacial score (nSPS) is 14.4. The molecular weight excluding hydrogens is 406 g/mol. The van der Waals surface area contributed by atoms with Gasteiger partial charge in [-0.2, -0.15) is 0 Å². The Kier molecular flexibility index (Phi) is 5.65. The van der Waals surface area contributed by atoms with E-state index < -0.39 is 0 Å².